The molecule has 0 unspecified atom stereocenters. The Morgan fingerprint density at radius 2 is 2.00 bits per heavy atom. The van der Waals surface area contributed by atoms with Gasteiger partial charge < -0.3 is 10.2 Å². The molecule has 1 aliphatic rings. The van der Waals surface area contributed by atoms with Crippen molar-refractivity contribution in [3.8, 4) is 0 Å². The van der Waals surface area contributed by atoms with Crippen molar-refractivity contribution in [3.05, 3.63) is 29.8 Å². The van der Waals surface area contributed by atoms with E-state index in [9.17, 15) is 18.0 Å². The molecule has 1 heterocycles. The van der Waals surface area contributed by atoms with E-state index in [4.69, 9.17) is 0 Å². The van der Waals surface area contributed by atoms with Crippen molar-refractivity contribution in [1.82, 2.24) is 14.9 Å². The molecule has 0 spiro atoms. The highest BCUT2D eigenvalue weighted by molar-refractivity contribution is 7.89. The average Bonchev–Trinajstić information content (AvgIpc) is 2.78. The van der Waals surface area contributed by atoms with Crippen LogP contribution < -0.4 is 10.0 Å². The van der Waals surface area contributed by atoms with Crippen LogP contribution in [0.15, 0.2) is 29.2 Å². The predicted molar refractivity (Wildman–Crippen MR) is 99.3 cm³/mol. The Bertz CT molecular complexity index is 747. The number of carbonyl (C=O) groups excluding carboxylic acids is 2. The van der Waals surface area contributed by atoms with Crippen molar-refractivity contribution >= 4 is 21.8 Å². The number of rotatable bonds is 7. The van der Waals surface area contributed by atoms with Gasteiger partial charge in [-0.05, 0) is 44.9 Å². The first-order valence-corrected chi connectivity index (χ1v) is 10.5. The first-order valence-electron chi connectivity index (χ1n) is 8.98. The van der Waals surface area contributed by atoms with Crippen LogP contribution in [0.4, 0.5) is 0 Å². The number of amides is 2. The molecule has 0 radical (unpaired) electrons. The van der Waals surface area contributed by atoms with Crippen LogP contribution in [0.5, 0.6) is 0 Å². The van der Waals surface area contributed by atoms with E-state index in [1.807, 2.05) is 0 Å². The van der Waals surface area contributed by atoms with Crippen LogP contribution >= 0.6 is 0 Å². The Labute approximate surface area is 155 Å². The number of sulfonamides is 1. The molecule has 144 valence electrons. The molecule has 0 aliphatic carbocycles. The van der Waals surface area contributed by atoms with Gasteiger partial charge in [0.15, 0.2) is 0 Å². The fourth-order valence-electron chi connectivity index (χ4n) is 2.86. The molecular formula is C18H27N3O4S. The summed E-state index contributed by atoms with van der Waals surface area (Å²) in [6, 6.07) is 5.70. The van der Waals surface area contributed by atoms with E-state index in [2.05, 4.69) is 10.0 Å². The summed E-state index contributed by atoms with van der Waals surface area (Å²) < 4.78 is 26.9. The number of likely N-dealkylation sites (tertiary alicyclic amines) is 1. The number of carbonyl (C=O) groups is 2. The van der Waals surface area contributed by atoms with E-state index in [0.29, 0.717) is 19.5 Å². The normalized spacial score (nSPS) is 15.8. The van der Waals surface area contributed by atoms with Crippen molar-refractivity contribution < 1.29 is 18.0 Å². The van der Waals surface area contributed by atoms with Crippen LogP contribution in [-0.2, 0) is 14.8 Å². The van der Waals surface area contributed by atoms with Crippen LogP contribution in [-0.4, -0.2) is 50.8 Å². The number of benzene rings is 1. The van der Waals surface area contributed by atoms with Gasteiger partial charge in [-0.2, -0.15) is 0 Å². The molecule has 0 atom stereocenters. The van der Waals surface area contributed by atoms with Crippen LogP contribution in [0.1, 0.15) is 49.9 Å². The minimum atomic E-state index is -3.65. The van der Waals surface area contributed by atoms with Gasteiger partial charge in [-0.25, -0.2) is 13.1 Å². The standard InChI is InChI=1S/C18H27N3O4S/c1-14(2)20-26(24,25)16-8-6-7-15(13-16)18(23)19-10-12-21-11-5-3-4-9-17(21)22/h6-8,13-14,20H,3-5,9-12H2,1-2H3,(H,19,23). The lowest BCUT2D eigenvalue weighted by Crippen LogP contribution is -2.38. The Kier molecular flexibility index (Phi) is 7.16. The molecule has 2 rings (SSSR count). The highest BCUT2D eigenvalue weighted by Crippen LogP contribution is 2.13. The largest absolute Gasteiger partial charge is 0.350 e. The number of nitrogens with zero attached hydrogens (tertiary/aromatic N) is 1. The van der Waals surface area contributed by atoms with E-state index in [-0.39, 0.29) is 28.3 Å². The van der Waals surface area contributed by atoms with Crippen LogP contribution in [0.2, 0.25) is 0 Å². The third kappa shape index (κ3) is 5.81. The summed E-state index contributed by atoms with van der Waals surface area (Å²) in [7, 11) is -3.65. The van der Waals surface area contributed by atoms with Gasteiger partial charge in [-0.3, -0.25) is 9.59 Å². The molecule has 2 amide bonds. The lowest BCUT2D eigenvalue weighted by Gasteiger charge is -2.20. The van der Waals surface area contributed by atoms with Gasteiger partial charge in [0.05, 0.1) is 4.90 Å². The monoisotopic (exact) mass is 381 g/mol. The zero-order chi connectivity index (χ0) is 19.2. The topological polar surface area (TPSA) is 95.6 Å². The SMILES string of the molecule is CC(C)NS(=O)(=O)c1cccc(C(=O)NCCN2CCCCCC2=O)c1. The maximum Gasteiger partial charge on any atom is 0.251 e. The number of hydrogen-bond acceptors (Lipinski definition) is 4. The van der Waals surface area contributed by atoms with E-state index in [1.54, 1.807) is 30.9 Å². The van der Waals surface area contributed by atoms with Crippen LogP contribution in [0.25, 0.3) is 0 Å². The molecule has 1 fully saturated rings. The molecule has 1 aromatic carbocycles. The fourth-order valence-corrected chi connectivity index (χ4v) is 4.16. The highest BCUT2D eigenvalue weighted by atomic mass is 32.2. The second-order valence-electron chi connectivity index (χ2n) is 6.75. The summed E-state index contributed by atoms with van der Waals surface area (Å²) in [5.41, 5.74) is 0.277. The van der Waals surface area contributed by atoms with Crippen molar-refractivity contribution in [2.45, 2.75) is 50.5 Å². The molecular weight excluding hydrogens is 354 g/mol. The summed E-state index contributed by atoms with van der Waals surface area (Å²) in [4.78, 5) is 26.1. The lowest BCUT2D eigenvalue weighted by molar-refractivity contribution is -0.130. The van der Waals surface area contributed by atoms with E-state index < -0.39 is 10.0 Å². The molecule has 1 aliphatic heterocycles. The fraction of sp³-hybridized carbons (Fsp3) is 0.556. The maximum absolute atomic E-state index is 12.3. The van der Waals surface area contributed by atoms with Crippen molar-refractivity contribution in [3.63, 3.8) is 0 Å². The number of hydrogen-bond donors (Lipinski definition) is 2. The zero-order valence-corrected chi connectivity index (χ0v) is 16.1. The first-order chi connectivity index (χ1) is 12.3. The second-order valence-corrected chi connectivity index (χ2v) is 8.47. The van der Waals surface area contributed by atoms with Gasteiger partial charge in [0.2, 0.25) is 15.9 Å². The Morgan fingerprint density at radius 1 is 1.23 bits per heavy atom. The minimum Gasteiger partial charge on any atom is -0.350 e. The summed E-state index contributed by atoms with van der Waals surface area (Å²) >= 11 is 0. The van der Waals surface area contributed by atoms with Gasteiger partial charge in [0.1, 0.15) is 0 Å². The average molecular weight is 381 g/mol. The van der Waals surface area contributed by atoms with E-state index in [1.165, 1.54) is 12.1 Å². The van der Waals surface area contributed by atoms with Crippen molar-refractivity contribution in [1.29, 1.82) is 0 Å². The van der Waals surface area contributed by atoms with Crippen LogP contribution in [0, 0.1) is 0 Å². The van der Waals surface area contributed by atoms with Gasteiger partial charge in [-0.1, -0.05) is 12.5 Å². The van der Waals surface area contributed by atoms with E-state index in [0.717, 1.165) is 25.8 Å². The molecule has 1 saturated heterocycles. The van der Waals surface area contributed by atoms with Gasteiger partial charge in [0, 0.05) is 37.7 Å². The molecule has 8 heteroatoms. The second kappa shape index (κ2) is 9.14. The lowest BCUT2D eigenvalue weighted by atomic mass is 10.2. The van der Waals surface area contributed by atoms with Gasteiger partial charge in [0.25, 0.3) is 5.91 Å². The summed E-state index contributed by atoms with van der Waals surface area (Å²) in [6.45, 7) is 5.00. The molecule has 26 heavy (non-hydrogen) atoms. The van der Waals surface area contributed by atoms with Crippen molar-refractivity contribution in [2.75, 3.05) is 19.6 Å². The highest BCUT2D eigenvalue weighted by Gasteiger charge is 2.18. The molecule has 0 bridgehead atoms. The third-order valence-corrected chi connectivity index (χ3v) is 5.79. The third-order valence-electron chi connectivity index (χ3n) is 4.14. The predicted octanol–water partition coefficient (Wildman–Crippen LogP) is 1.51. The van der Waals surface area contributed by atoms with E-state index >= 15 is 0 Å². The quantitative estimate of drug-likeness (QED) is 0.748. The minimum absolute atomic E-state index is 0.0570. The summed E-state index contributed by atoms with van der Waals surface area (Å²) in [6.07, 6.45) is 3.53. The number of nitrogens with one attached hydrogen (secondary N) is 2. The molecule has 7 nitrogen and oxygen atoms in total. The Hall–Kier alpha value is -1.93. The molecule has 0 saturated carbocycles. The Balaban J connectivity index is 1.95. The zero-order valence-electron chi connectivity index (χ0n) is 15.3. The first kappa shape index (κ1) is 20.4. The molecule has 1 aromatic rings. The maximum atomic E-state index is 12.3. The van der Waals surface area contributed by atoms with Crippen LogP contribution in [0.3, 0.4) is 0 Å². The van der Waals surface area contributed by atoms with Crippen molar-refractivity contribution in [2.24, 2.45) is 0 Å². The Morgan fingerprint density at radius 3 is 2.73 bits per heavy atom. The summed E-state index contributed by atoms with van der Waals surface area (Å²) in [5.74, 6) is -0.224. The molecule has 0 aromatic heterocycles. The summed E-state index contributed by atoms with van der Waals surface area (Å²) in [5, 5.41) is 2.76. The smallest absolute Gasteiger partial charge is 0.251 e. The molecule has 2 N–H and O–H groups in total. The van der Waals surface area contributed by atoms with Gasteiger partial charge >= 0.3 is 0 Å². The van der Waals surface area contributed by atoms with Gasteiger partial charge in [-0.15, -0.1) is 0 Å².